The number of hydrogen-bond donors (Lipinski definition) is 0. The van der Waals surface area contributed by atoms with Gasteiger partial charge in [0.25, 0.3) is 0 Å². The molecule has 8 rings (SSSR count). The molecule has 0 radical (unpaired) electrons. The third kappa shape index (κ3) is 2.77. The Kier molecular flexibility index (Phi) is 4.35. The monoisotopic (exact) mass is 477 g/mol. The Morgan fingerprint density at radius 2 is 1.20 bits per heavy atom. The summed E-state index contributed by atoms with van der Waals surface area (Å²) in [5.41, 5.74) is 4.81. The number of thiophene rings is 1. The van der Waals surface area contributed by atoms with Gasteiger partial charge in [-0.2, -0.15) is 0 Å². The number of esters is 1. The molecular formula is C29H19NO4S. The summed E-state index contributed by atoms with van der Waals surface area (Å²) in [5, 5.41) is 1.80. The number of nitrogens with zero attached hydrogens (tertiary/aromatic N) is 1. The summed E-state index contributed by atoms with van der Waals surface area (Å²) < 4.78 is 5.67. The van der Waals surface area contributed by atoms with Gasteiger partial charge in [0.1, 0.15) is 4.88 Å². The second-order valence-electron chi connectivity index (χ2n) is 9.11. The van der Waals surface area contributed by atoms with Crippen LogP contribution in [0, 0.1) is 11.8 Å². The van der Waals surface area contributed by atoms with E-state index in [0.717, 1.165) is 22.3 Å². The first-order valence-corrected chi connectivity index (χ1v) is 12.4. The van der Waals surface area contributed by atoms with E-state index < -0.39 is 17.8 Å². The highest BCUT2D eigenvalue weighted by Crippen LogP contribution is 2.61. The van der Waals surface area contributed by atoms with Crippen molar-refractivity contribution in [2.45, 2.75) is 11.8 Å². The van der Waals surface area contributed by atoms with Crippen LogP contribution in [0.25, 0.3) is 0 Å². The van der Waals surface area contributed by atoms with Gasteiger partial charge in [-0.15, -0.1) is 11.3 Å². The predicted molar refractivity (Wildman–Crippen MR) is 132 cm³/mol. The maximum absolute atomic E-state index is 14.0. The summed E-state index contributed by atoms with van der Waals surface area (Å²) in [6, 6.07) is 26.5. The van der Waals surface area contributed by atoms with Gasteiger partial charge in [-0.1, -0.05) is 66.7 Å². The van der Waals surface area contributed by atoms with Crippen molar-refractivity contribution in [3.05, 3.63) is 117 Å². The van der Waals surface area contributed by atoms with Crippen LogP contribution in [0.5, 0.6) is 5.75 Å². The van der Waals surface area contributed by atoms with E-state index in [-0.39, 0.29) is 29.4 Å². The zero-order valence-electron chi connectivity index (χ0n) is 18.5. The van der Waals surface area contributed by atoms with Gasteiger partial charge in [0.15, 0.2) is 5.75 Å². The fourth-order valence-corrected chi connectivity index (χ4v) is 6.79. The third-order valence-corrected chi connectivity index (χ3v) is 8.33. The zero-order valence-corrected chi connectivity index (χ0v) is 19.3. The molecule has 2 bridgehead atoms. The van der Waals surface area contributed by atoms with Crippen LogP contribution in [0.15, 0.2) is 90.3 Å². The molecule has 170 valence electrons. The molecule has 4 aromatic rings. The molecule has 0 saturated carbocycles. The highest BCUT2D eigenvalue weighted by atomic mass is 32.1. The fraction of sp³-hybridized carbons (Fsp3) is 0.138. The minimum atomic E-state index is -0.510. The van der Waals surface area contributed by atoms with Gasteiger partial charge < -0.3 is 4.74 Å². The lowest BCUT2D eigenvalue weighted by molar-refractivity contribution is -0.122. The summed E-state index contributed by atoms with van der Waals surface area (Å²) in [5.74, 6) is -2.12. The molecule has 1 aliphatic heterocycles. The van der Waals surface area contributed by atoms with Crippen LogP contribution in [-0.2, 0) is 9.59 Å². The van der Waals surface area contributed by atoms with Gasteiger partial charge in [-0.05, 0) is 45.8 Å². The lowest BCUT2D eigenvalue weighted by Gasteiger charge is -2.45. The van der Waals surface area contributed by atoms with Crippen molar-refractivity contribution in [2.75, 3.05) is 4.90 Å². The van der Waals surface area contributed by atoms with Gasteiger partial charge >= 0.3 is 5.97 Å². The number of rotatable bonds is 3. The lowest BCUT2D eigenvalue weighted by Crippen LogP contribution is -2.41. The molecule has 2 amide bonds. The molecule has 3 aliphatic carbocycles. The largest absolute Gasteiger partial charge is 0.420 e. The fourth-order valence-electron chi connectivity index (χ4n) is 6.19. The average Bonchev–Trinajstić information content (AvgIpc) is 3.52. The number of hydrogen-bond acceptors (Lipinski definition) is 5. The Bertz CT molecular complexity index is 1410. The number of ether oxygens (including phenoxy) is 1. The van der Waals surface area contributed by atoms with E-state index in [9.17, 15) is 14.4 Å². The second kappa shape index (κ2) is 7.48. The molecule has 6 heteroatoms. The number of carbonyl (C=O) groups is 3. The standard InChI is InChI=1S/C29H19NO4S/c31-27-25-23-16-8-1-2-9-17(16)24(19-11-4-3-10-18(19)23)26(25)28(32)30(27)20-12-5-6-13-21(20)34-29(33)22-14-7-15-35-22/h1-15,23-26H/t23?,24?,25-,26-/m1/s1. The molecule has 0 N–H and O–H groups in total. The van der Waals surface area contributed by atoms with Crippen molar-refractivity contribution >= 4 is 34.8 Å². The van der Waals surface area contributed by atoms with Gasteiger partial charge in [-0.25, -0.2) is 9.69 Å². The zero-order chi connectivity index (χ0) is 23.7. The van der Waals surface area contributed by atoms with Crippen molar-refractivity contribution in [3.8, 4) is 5.75 Å². The lowest BCUT2D eigenvalue weighted by atomic mass is 9.55. The number of imide groups is 1. The molecule has 4 aliphatic rings. The van der Waals surface area contributed by atoms with Gasteiger partial charge in [0, 0.05) is 11.8 Å². The Hall–Kier alpha value is -4.03. The molecular weight excluding hydrogens is 458 g/mol. The summed E-state index contributed by atoms with van der Waals surface area (Å²) >= 11 is 1.28. The highest BCUT2D eigenvalue weighted by molar-refractivity contribution is 7.12. The first kappa shape index (κ1) is 20.4. The Morgan fingerprint density at radius 1 is 0.686 bits per heavy atom. The van der Waals surface area contributed by atoms with E-state index in [1.54, 1.807) is 41.8 Å². The van der Waals surface area contributed by atoms with E-state index in [4.69, 9.17) is 4.74 Å². The van der Waals surface area contributed by atoms with E-state index in [1.165, 1.54) is 16.2 Å². The minimum Gasteiger partial charge on any atom is -0.420 e. The van der Waals surface area contributed by atoms with Crippen LogP contribution < -0.4 is 9.64 Å². The summed E-state index contributed by atoms with van der Waals surface area (Å²) in [4.78, 5) is 42.4. The first-order chi connectivity index (χ1) is 17.1. The van der Waals surface area contributed by atoms with Crippen LogP contribution in [0.2, 0.25) is 0 Å². The summed E-state index contributed by atoms with van der Waals surface area (Å²) in [6.45, 7) is 0. The van der Waals surface area contributed by atoms with E-state index >= 15 is 0 Å². The van der Waals surface area contributed by atoms with Gasteiger partial charge in [0.05, 0.1) is 17.5 Å². The molecule has 2 heterocycles. The predicted octanol–water partition coefficient (Wildman–Crippen LogP) is 5.36. The summed E-state index contributed by atoms with van der Waals surface area (Å²) in [7, 11) is 0. The van der Waals surface area contributed by atoms with Crippen LogP contribution in [-0.4, -0.2) is 17.8 Å². The Labute approximate surface area is 205 Å². The molecule has 35 heavy (non-hydrogen) atoms. The molecule has 1 aromatic heterocycles. The first-order valence-electron chi connectivity index (χ1n) is 11.6. The van der Waals surface area contributed by atoms with Crippen LogP contribution in [0.1, 0.15) is 43.8 Å². The van der Waals surface area contributed by atoms with Crippen LogP contribution >= 0.6 is 11.3 Å². The Morgan fingerprint density at radius 3 is 1.71 bits per heavy atom. The molecule has 0 spiro atoms. The maximum Gasteiger partial charge on any atom is 0.353 e. The van der Waals surface area contributed by atoms with E-state index in [0.29, 0.717) is 10.6 Å². The molecule has 3 aromatic carbocycles. The van der Waals surface area contributed by atoms with Gasteiger partial charge in [-0.3, -0.25) is 9.59 Å². The molecule has 2 atom stereocenters. The maximum atomic E-state index is 14.0. The third-order valence-electron chi connectivity index (χ3n) is 7.48. The van der Waals surface area contributed by atoms with E-state index in [2.05, 4.69) is 24.3 Å². The van der Waals surface area contributed by atoms with Crippen LogP contribution in [0.3, 0.4) is 0 Å². The van der Waals surface area contributed by atoms with Gasteiger partial charge in [0.2, 0.25) is 11.8 Å². The van der Waals surface area contributed by atoms with Crippen LogP contribution in [0.4, 0.5) is 5.69 Å². The number of amides is 2. The second-order valence-corrected chi connectivity index (χ2v) is 10.1. The average molecular weight is 478 g/mol. The highest BCUT2D eigenvalue weighted by Gasteiger charge is 2.62. The van der Waals surface area contributed by atoms with E-state index in [1.807, 2.05) is 24.3 Å². The van der Waals surface area contributed by atoms with Crippen molar-refractivity contribution in [1.29, 1.82) is 0 Å². The molecule has 0 unspecified atom stereocenters. The molecule has 5 nitrogen and oxygen atoms in total. The van der Waals surface area contributed by atoms with Crippen molar-refractivity contribution < 1.29 is 19.1 Å². The number of benzene rings is 3. The smallest absolute Gasteiger partial charge is 0.353 e. The number of anilines is 1. The van der Waals surface area contributed by atoms with Crippen molar-refractivity contribution in [3.63, 3.8) is 0 Å². The topological polar surface area (TPSA) is 63.7 Å². The number of carbonyl (C=O) groups excluding carboxylic acids is 3. The minimum absolute atomic E-state index is 0.181. The van der Waals surface area contributed by atoms with Crippen molar-refractivity contribution in [1.82, 2.24) is 0 Å². The Balaban J connectivity index is 1.34. The SMILES string of the molecule is O=C(Oc1ccccc1N1C(=O)[C@@H]2C3c4ccccc4C(c4ccccc43)[C@H]2C1=O)c1cccs1. The normalized spacial score (nSPS) is 23.6. The molecule has 1 saturated heterocycles. The quantitative estimate of drug-likeness (QED) is 0.226. The molecule has 1 fully saturated rings. The van der Waals surface area contributed by atoms with Crippen molar-refractivity contribution in [2.24, 2.45) is 11.8 Å². The number of para-hydroxylation sites is 2. The summed E-state index contributed by atoms with van der Waals surface area (Å²) in [6.07, 6.45) is 0.